The van der Waals surface area contributed by atoms with Gasteiger partial charge in [0.1, 0.15) is 0 Å². The molecule has 0 N–H and O–H groups in total. The summed E-state index contributed by atoms with van der Waals surface area (Å²) in [6, 6.07) is 1.07. The van der Waals surface area contributed by atoms with Crippen molar-refractivity contribution in [3.8, 4) is 0 Å². The molecule has 0 aromatic carbocycles. The Morgan fingerprint density at radius 3 is 2.41 bits per heavy atom. The van der Waals surface area contributed by atoms with Crippen LogP contribution in [0.25, 0.3) is 0 Å². The van der Waals surface area contributed by atoms with Gasteiger partial charge >= 0.3 is 0 Å². The molecule has 0 spiro atoms. The summed E-state index contributed by atoms with van der Waals surface area (Å²) in [5.74, 6) is 0.881. The van der Waals surface area contributed by atoms with Crippen LogP contribution in [-0.2, 0) is 4.43 Å². The summed E-state index contributed by atoms with van der Waals surface area (Å²) < 4.78 is 6.58. The third-order valence-electron chi connectivity index (χ3n) is 5.81. The van der Waals surface area contributed by atoms with E-state index in [0.717, 1.165) is 12.0 Å². The predicted octanol–water partition coefficient (Wildman–Crippen LogP) is 4.61. The van der Waals surface area contributed by atoms with Gasteiger partial charge in [-0.3, -0.25) is 0 Å². The van der Waals surface area contributed by atoms with Crippen LogP contribution < -0.4 is 0 Å². The molecule has 3 unspecified atom stereocenters. The molecule has 0 saturated heterocycles. The van der Waals surface area contributed by atoms with E-state index in [1.54, 1.807) is 0 Å². The molecule has 1 nitrogen and oxygen atoms in total. The van der Waals surface area contributed by atoms with Gasteiger partial charge in [0.2, 0.25) is 0 Å². The molecule has 98 valence electrons. The minimum Gasteiger partial charge on any atom is -0.414 e. The topological polar surface area (TPSA) is 9.23 Å². The first-order valence-corrected chi connectivity index (χ1v) is 10.1. The summed E-state index contributed by atoms with van der Waals surface area (Å²) in [6.45, 7) is 15.9. The van der Waals surface area contributed by atoms with E-state index in [1.807, 2.05) is 6.08 Å². The third-order valence-corrected chi connectivity index (χ3v) is 8.01. The maximum atomic E-state index is 6.58. The number of hydrogen-bond donors (Lipinski definition) is 0. The predicted molar refractivity (Wildman–Crippen MR) is 76.6 cm³/mol. The summed E-state index contributed by atoms with van der Waals surface area (Å²) in [5.41, 5.74) is 0.874. The second-order valence-electron chi connectivity index (χ2n) is 7.47. The van der Waals surface area contributed by atoms with Crippen LogP contribution in [0.3, 0.4) is 0 Å². The summed E-state index contributed by atoms with van der Waals surface area (Å²) in [5, 5.41) is 0. The van der Waals surface area contributed by atoms with Gasteiger partial charge in [-0.2, -0.15) is 0 Å². The van der Waals surface area contributed by atoms with Gasteiger partial charge in [-0.25, -0.2) is 0 Å². The fourth-order valence-electron chi connectivity index (χ4n) is 4.09. The molecule has 0 aromatic heterocycles. The minimum absolute atomic E-state index is 0.406. The monoisotopic (exact) mass is 252 g/mol. The first-order chi connectivity index (χ1) is 7.73. The molecular formula is C15H28OSi. The van der Waals surface area contributed by atoms with Crippen LogP contribution >= 0.6 is 0 Å². The molecule has 2 aliphatic carbocycles. The molecule has 3 atom stereocenters. The molecule has 2 heteroatoms. The Morgan fingerprint density at radius 2 is 2.00 bits per heavy atom. The Hall–Kier alpha value is -0.0831. The molecule has 0 heterocycles. The van der Waals surface area contributed by atoms with Crippen LogP contribution in [0.1, 0.15) is 40.0 Å². The molecule has 0 radical (unpaired) electrons. The minimum atomic E-state index is -1.53. The molecule has 17 heavy (non-hydrogen) atoms. The van der Waals surface area contributed by atoms with Crippen LogP contribution in [0.2, 0.25) is 19.1 Å². The molecule has 0 aliphatic heterocycles. The fraction of sp³-hybridized carbons (Fsp3) is 0.867. The zero-order valence-electron chi connectivity index (χ0n) is 12.2. The summed E-state index contributed by atoms with van der Waals surface area (Å²) >= 11 is 0. The highest BCUT2D eigenvalue weighted by atomic mass is 28.4. The van der Waals surface area contributed by atoms with E-state index in [0.29, 0.717) is 16.9 Å². The van der Waals surface area contributed by atoms with Gasteiger partial charge in [0.05, 0.1) is 6.10 Å². The molecule has 2 saturated carbocycles. The highest BCUT2D eigenvalue weighted by Gasteiger charge is 2.62. The van der Waals surface area contributed by atoms with E-state index < -0.39 is 8.32 Å². The second-order valence-corrected chi connectivity index (χ2v) is 11.6. The fourth-order valence-corrected chi connectivity index (χ4v) is 6.01. The SMILES string of the molecule is C=CC[Si](C)(C)OC1CC2CCC1(C)C2(C)C. The van der Waals surface area contributed by atoms with Crippen LogP contribution in [0.5, 0.6) is 0 Å². The van der Waals surface area contributed by atoms with Gasteiger partial charge in [0.15, 0.2) is 8.32 Å². The number of allylic oxidation sites excluding steroid dienone is 1. The van der Waals surface area contributed by atoms with E-state index in [-0.39, 0.29) is 0 Å². The van der Waals surface area contributed by atoms with Crippen molar-refractivity contribution in [2.24, 2.45) is 16.7 Å². The van der Waals surface area contributed by atoms with Crippen molar-refractivity contribution < 1.29 is 4.43 Å². The van der Waals surface area contributed by atoms with Crippen molar-refractivity contribution in [3.05, 3.63) is 12.7 Å². The van der Waals surface area contributed by atoms with Gasteiger partial charge < -0.3 is 4.43 Å². The average Bonchev–Trinajstić information content (AvgIpc) is 2.49. The van der Waals surface area contributed by atoms with Crippen molar-refractivity contribution in [2.45, 2.75) is 65.3 Å². The molecule has 0 aromatic rings. The van der Waals surface area contributed by atoms with E-state index in [9.17, 15) is 0 Å². The van der Waals surface area contributed by atoms with Crippen molar-refractivity contribution in [2.75, 3.05) is 0 Å². The standard InChI is InChI=1S/C15H28OSi/c1-7-10-17(5,6)16-13-11-12-8-9-15(13,4)14(12,2)3/h7,12-13H,1,8-11H2,2-6H3. The molecular weight excluding hydrogens is 224 g/mol. The smallest absolute Gasteiger partial charge is 0.190 e. The lowest BCUT2D eigenvalue weighted by Crippen LogP contribution is -2.44. The van der Waals surface area contributed by atoms with Crippen LogP contribution in [0, 0.1) is 16.7 Å². The Bertz CT molecular complexity index is 321. The Morgan fingerprint density at radius 1 is 1.35 bits per heavy atom. The van der Waals surface area contributed by atoms with Gasteiger partial charge in [0, 0.05) is 0 Å². The van der Waals surface area contributed by atoms with Gasteiger partial charge in [0.25, 0.3) is 0 Å². The lowest BCUT2D eigenvalue weighted by Gasteiger charge is -2.42. The van der Waals surface area contributed by atoms with Crippen LogP contribution in [-0.4, -0.2) is 14.4 Å². The average molecular weight is 252 g/mol. The molecule has 2 rings (SSSR count). The largest absolute Gasteiger partial charge is 0.414 e. The van der Waals surface area contributed by atoms with E-state index in [2.05, 4.69) is 40.4 Å². The highest BCUT2D eigenvalue weighted by molar-refractivity contribution is 6.71. The summed E-state index contributed by atoms with van der Waals surface area (Å²) in [4.78, 5) is 0. The van der Waals surface area contributed by atoms with E-state index in [4.69, 9.17) is 4.43 Å². The van der Waals surface area contributed by atoms with Gasteiger partial charge in [-0.1, -0.05) is 26.8 Å². The van der Waals surface area contributed by atoms with Gasteiger partial charge in [-0.05, 0) is 55.1 Å². The van der Waals surface area contributed by atoms with Crippen molar-refractivity contribution in [3.63, 3.8) is 0 Å². The second kappa shape index (κ2) is 3.96. The Kier molecular flexibility index (Phi) is 3.11. The van der Waals surface area contributed by atoms with Crippen molar-refractivity contribution in [1.29, 1.82) is 0 Å². The zero-order chi connectivity index (χ0) is 12.9. The normalized spacial score (nSPS) is 39.6. The first kappa shape index (κ1) is 13.4. The van der Waals surface area contributed by atoms with Crippen LogP contribution in [0.4, 0.5) is 0 Å². The lowest BCUT2D eigenvalue weighted by molar-refractivity contribution is 0.0246. The lowest BCUT2D eigenvalue weighted by atomic mass is 9.70. The Labute approximate surface area is 108 Å². The van der Waals surface area contributed by atoms with E-state index in [1.165, 1.54) is 19.3 Å². The number of fused-ring (bicyclic) bond motifs is 2. The number of hydrogen-bond acceptors (Lipinski definition) is 1. The molecule has 2 aliphatic rings. The van der Waals surface area contributed by atoms with Crippen molar-refractivity contribution in [1.82, 2.24) is 0 Å². The summed E-state index contributed by atoms with van der Waals surface area (Å²) in [6.07, 6.45) is 6.59. The number of rotatable bonds is 4. The van der Waals surface area contributed by atoms with Crippen molar-refractivity contribution >= 4 is 8.32 Å². The van der Waals surface area contributed by atoms with Crippen LogP contribution in [0.15, 0.2) is 12.7 Å². The summed E-state index contributed by atoms with van der Waals surface area (Å²) in [7, 11) is -1.53. The molecule has 0 amide bonds. The highest BCUT2D eigenvalue weighted by Crippen LogP contribution is 2.66. The zero-order valence-corrected chi connectivity index (χ0v) is 13.2. The quantitative estimate of drug-likeness (QED) is 0.524. The molecule has 2 fully saturated rings. The van der Waals surface area contributed by atoms with Gasteiger partial charge in [-0.15, -0.1) is 6.58 Å². The maximum Gasteiger partial charge on any atom is 0.190 e. The molecule has 2 bridgehead atoms. The first-order valence-electron chi connectivity index (χ1n) is 7.02. The van der Waals surface area contributed by atoms with E-state index >= 15 is 0 Å². The maximum absolute atomic E-state index is 6.58. The third kappa shape index (κ3) is 1.93. The Balaban J connectivity index is 2.13.